The maximum atomic E-state index is 0. The van der Waals surface area contributed by atoms with Crippen LogP contribution in [0.1, 0.15) is 0 Å². The molecule has 0 aromatic carbocycles. The molecule has 0 atom stereocenters. The fraction of sp³-hybridized carbons (Fsp3) is 0. The Morgan fingerprint density at radius 2 is 1.00 bits per heavy atom. The van der Waals surface area contributed by atoms with Gasteiger partial charge in [0, 0.05) is 58.7 Å². The zero-order chi connectivity index (χ0) is 0. The van der Waals surface area contributed by atoms with Crippen LogP contribution in [-0.4, -0.2) is 58.7 Å². The van der Waals surface area contributed by atoms with Crippen molar-refractivity contribution < 1.29 is 0 Å². The molecule has 0 aliphatic heterocycles. The van der Waals surface area contributed by atoms with Gasteiger partial charge in [-0.2, -0.15) is 0 Å². The largest absolute Gasteiger partial charge is 0.107 e. The minimum atomic E-state index is 0. The van der Waals surface area contributed by atoms with Crippen molar-refractivity contribution >= 4 is 82.7 Å². The van der Waals surface area contributed by atoms with Crippen LogP contribution in [-0.2, 0) is 0 Å². The van der Waals surface area contributed by atoms with Gasteiger partial charge in [0.05, 0.1) is 0 Å². The Morgan fingerprint density at radius 3 is 1.00 bits per heavy atom. The second kappa shape index (κ2) is 17.5. The Balaban J connectivity index is 0. The van der Waals surface area contributed by atoms with Gasteiger partial charge in [-0.3, -0.25) is 0 Å². The summed E-state index contributed by atoms with van der Waals surface area (Å²) in [5.74, 6) is 0. The first-order valence-corrected chi connectivity index (χ1v) is 0. The fourth-order valence-electron chi connectivity index (χ4n) is 0. The molecule has 0 saturated heterocycles. The molecular weight excluding hydrogens is 408 g/mol. The summed E-state index contributed by atoms with van der Waals surface area (Å²) in [6.45, 7) is 0. The van der Waals surface area contributed by atoms with Gasteiger partial charge in [0.15, 0.2) is 0 Å². The minimum absolute atomic E-state index is 0. The van der Waals surface area contributed by atoms with E-state index in [1.54, 1.807) is 0 Å². The predicted octanol–water partition coefficient (Wildman–Crippen LogP) is -0.524. The Labute approximate surface area is 81.4 Å². The molecule has 0 unspecified atom stereocenters. The molecular formula is HAsISeTe. The van der Waals surface area contributed by atoms with Crippen molar-refractivity contribution in [2.24, 2.45) is 0 Å². The van der Waals surface area contributed by atoms with E-state index in [1.165, 1.54) is 0 Å². The van der Waals surface area contributed by atoms with Crippen LogP contribution in [0.2, 0.25) is 0 Å². The van der Waals surface area contributed by atoms with Crippen molar-refractivity contribution in [1.82, 2.24) is 0 Å². The monoisotopic (exact) mass is 413 g/mol. The summed E-state index contributed by atoms with van der Waals surface area (Å²) in [6.07, 6.45) is 0. The molecule has 0 aromatic heterocycles. The summed E-state index contributed by atoms with van der Waals surface area (Å²) >= 11 is 0. The summed E-state index contributed by atoms with van der Waals surface area (Å²) in [5.41, 5.74) is 0. The molecule has 0 spiro atoms. The van der Waals surface area contributed by atoms with E-state index < -0.39 is 0 Å². The van der Waals surface area contributed by atoms with E-state index in [0.717, 1.165) is 0 Å². The smallest absolute Gasteiger partial charge is 0 e. The van der Waals surface area contributed by atoms with Crippen molar-refractivity contribution in [1.29, 1.82) is 0 Å². The van der Waals surface area contributed by atoms with Gasteiger partial charge in [-0.25, -0.2) is 0 Å². The number of halogens is 1. The molecule has 0 saturated carbocycles. The van der Waals surface area contributed by atoms with Gasteiger partial charge in [0.1, 0.15) is 0 Å². The fourth-order valence-corrected chi connectivity index (χ4v) is 0. The van der Waals surface area contributed by atoms with E-state index in [1.807, 2.05) is 0 Å². The average Bonchev–Trinajstić information content (AvgIpc) is 0. The second-order valence-electron chi connectivity index (χ2n) is 0. The maximum absolute atomic E-state index is 0. The van der Waals surface area contributed by atoms with Crippen molar-refractivity contribution in [2.75, 3.05) is 0 Å². The molecule has 0 aliphatic rings. The second-order valence-corrected chi connectivity index (χ2v) is 0. The minimum Gasteiger partial charge on any atom is -0.107 e. The molecule has 0 aliphatic carbocycles. The molecule has 25 valence electrons. The van der Waals surface area contributed by atoms with Gasteiger partial charge in [-0.15, -0.1) is 24.0 Å². The van der Waals surface area contributed by atoms with Crippen LogP contribution in [0.25, 0.3) is 0 Å². The molecule has 0 heterocycles. The molecule has 0 fully saturated rings. The van der Waals surface area contributed by atoms with Gasteiger partial charge in [0.25, 0.3) is 0 Å². The standard InChI is InChI=1S/As.HI.Se.Te/h;1H;;. The summed E-state index contributed by atoms with van der Waals surface area (Å²) in [5, 5.41) is 0. The van der Waals surface area contributed by atoms with E-state index in [4.69, 9.17) is 0 Å². The van der Waals surface area contributed by atoms with E-state index >= 15 is 0 Å². The Hall–Kier alpha value is 2.60. The summed E-state index contributed by atoms with van der Waals surface area (Å²) < 4.78 is 0. The van der Waals surface area contributed by atoms with E-state index in [9.17, 15) is 0 Å². The SMILES string of the molecule is I.[As].[Se].[Te]. The average molecular weight is 409 g/mol. The molecule has 0 bridgehead atoms. The first-order chi connectivity index (χ1) is 0. The van der Waals surface area contributed by atoms with E-state index in [-0.39, 0.29) is 82.7 Å². The third-order valence-corrected chi connectivity index (χ3v) is 0. The third-order valence-electron chi connectivity index (χ3n) is 0. The number of hydrogen-bond acceptors (Lipinski definition) is 0. The van der Waals surface area contributed by atoms with Crippen molar-refractivity contribution in [2.45, 2.75) is 0 Å². The zero-order valence-electron chi connectivity index (χ0n) is 1.67. The topological polar surface area (TPSA) is 0 Å². The first-order valence-electron chi connectivity index (χ1n) is 0. The van der Waals surface area contributed by atoms with Gasteiger partial charge >= 0.3 is 0 Å². The van der Waals surface area contributed by atoms with Gasteiger partial charge < -0.3 is 0 Å². The molecule has 7 radical (unpaired) electrons. The molecule has 0 nitrogen and oxygen atoms in total. The zero-order valence-corrected chi connectivity index (χ0v) is 9.92. The van der Waals surface area contributed by atoms with Crippen LogP contribution < -0.4 is 0 Å². The summed E-state index contributed by atoms with van der Waals surface area (Å²) in [7, 11) is 0. The van der Waals surface area contributed by atoms with E-state index in [2.05, 4.69) is 0 Å². The maximum Gasteiger partial charge on any atom is 0 e. The quantitative estimate of drug-likeness (QED) is 0.373. The van der Waals surface area contributed by atoms with Gasteiger partial charge in [-0.1, -0.05) is 0 Å². The Kier molecular flexibility index (Phi) is 134. The van der Waals surface area contributed by atoms with E-state index in [0.29, 0.717) is 0 Å². The molecule has 0 N–H and O–H groups in total. The van der Waals surface area contributed by atoms with Crippen LogP contribution in [0.4, 0.5) is 0 Å². The van der Waals surface area contributed by atoms with Crippen molar-refractivity contribution in [3.8, 4) is 0 Å². The molecule has 0 aromatic rings. The van der Waals surface area contributed by atoms with Crippen molar-refractivity contribution in [3.05, 3.63) is 0 Å². The predicted molar refractivity (Wildman–Crippen MR) is 32.7 cm³/mol. The van der Waals surface area contributed by atoms with Crippen LogP contribution in [0.15, 0.2) is 0 Å². The number of rotatable bonds is 0. The van der Waals surface area contributed by atoms with Crippen LogP contribution in [0.5, 0.6) is 0 Å². The number of hydrogen-bond donors (Lipinski definition) is 0. The van der Waals surface area contributed by atoms with Crippen LogP contribution in [0, 0.1) is 0 Å². The van der Waals surface area contributed by atoms with Gasteiger partial charge in [0.2, 0.25) is 0 Å². The van der Waals surface area contributed by atoms with Crippen molar-refractivity contribution in [3.63, 3.8) is 0 Å². The first kappa shape index (κ1) is 30.6. The normalized spacial score (nSPS) is 0. The summed E-state index contributed by atoms with van der Waals surface area (Å²) in [4.78, 5) is 0. The summed E-state index contributed by atoms with van der Waals surface area (Å²) in [6, 6.07) is 0. The molecule has 0 amide bonds. The van der Waals surface area contributed by atoms with Crippen LogP contribution >= 0.6 is 24.0 Å². The Bertz CT molecular complexity index is 8.00. The Morgan fingerprint density at radius 1 is 1.00 bits per heavy atom. The van der Waals surface area contributed by atoms with Gasteiger partial charge in [-0.05, 0) is 0 Å². The third kappa shape index (κ3) is 8.82. The molecule has 4 heteroatoms. The molecule has 0 rings (SSSR count). The van der Waals surface area contributed by atoms with Crippen LogP contribution in [0.3, 0.4) is 0 Å². The molecule has 4 heavy (non-hydrogen) atoms.